The van der Waals surface area contributed by atoms with Gasteiger partial charge in [-0.05, 0) is 50.4 Å². The van der Waals surface area contributed by atoms with Crippen LogP contribution in [0.4, 0.5) is 0 Å². The van der Waals surface area contributed by atoms with Crippen LogP contribution in [0.25, 0.3) is 0 Å². The van der Waals surface area contributed by atoms with E-state index in [9.17, 15) is 10.2 Å². The summed E-state index contributed by atoms with van der Waals surface area (Å²) in [7, 11) is 0. The smallest absolute Gasteiger partial charge is 0.100 e. The normalized spacial score (nSPS) is 50.9. The van der Waals surface area contributed by atoms with Crippen LogP contribution >= 0.6 is 0 Å². The van der Waals surface area contributed by atoms with Gasteiger partial charge >= 0.3 is 0 Å². The lowest BCUT2D eigenvalue weighted by molar-refractivity contribution is -0.154. The van der Waals surface area contributed by atoms with E-state index in [1.807, 2.05) is 6.08 Å². The van der Waals surface area contributed by atoms with Crippen molar-refractivity contribution in [3.05, 3.63) is 12.7 Å². The molecule has 3 heteroatoms. The van der Waals surface area contributed by atoms with Crippen LogP contribution < -0.4 is 0 Å². The minimum atomic E-state index is -0.635. The SMILES string of the molecule is C=CCC[C@@H]1C[C@]2(O)CCO[C@@]23CC[C@H](O)C[C@H]13. The van der Waals surface area contributed by atoms with Crippen LogP contribution in [0.15, 0.2) is 12.7 Å². The second-order valence-corrected chi connectivity index (χ2v) is 6.38. The summed E-state index contributed by atoms with van der Waals surface area (Å²) in [6.45, 7) is 4.46. The van der Waals surface area contributed by atoms with Gasteiger partial charge in [-0.3, -0.25) is 0 Å². The van der Waals surface area contributed by atoms with E-state index in [4.69, 9.17) is 4.74 Å². The first-order valence-corrected chi connectivity index (χ1v) is 7.27. The number of aliphatic hydroxyl groups excluding tert-OH is 1. The van der Waals surface area contributed by atoms with Gasteiger partial charge in [0.15, 0.2) is 0 Å². The van der Waals surface area contributed by atoms with E-state index in [1.54, 1.807) is 0 Å². The van der Waals surface area contributed by atoms with Crippen LogP contribution in [0.5, 0.6) is 0 Å². The number of allylic oxidation sites excluding steroid dienone is 1. The van der Waals surface area contributed by atoms with Crippen molar-refractivity contribution in [2.75, 3.05) is 6.61 Å². The summed E-state index contributed by atoms with van der Waals surface area (Å²) in [5, 5.41) is 20.9. The number of ether oxygens (including phenoxy) is 1. The van der Waals surface area contributed by atoms with Gasteiger partial charge in [-0.1, -0.05) is 6.08 Å². The molecule has 0 aromatic carbocycles. The maximum absolute atomic E-state index is 10.9. The van der Waals surface area contributed by atoms with E-state index in [0.717, 1.165) is 44.9 Å². The van der Waals surface area contributed by atoms with E-state index in [2.05, 4.69) is 6.58 Å². The van der Waals surface area contributed by atoms with Crippen LogP contribution in [0.2, 0.25) is 0 Å². The first-order chi connectivity index (χ1) is 8.61. The Labute approximate surface area is 109 Å². The van der Waals surface area contributed by atoms with Crippen LogP contribution in [0, 0.1) is 11.8 Å². The van der Waals surface area contributed by atoms with E-state index in [-0.39, 0.29) is 11.7 Å². The molecule has 3 aliphatic rings. The van der Waals surface area contributed by atoms with Gasteiger partial charge in [-0.2, -0.15) is 0 Å². The lowest BCUT2D eigenvalue weighted by Gasteiger charge is -2.44. The fourth-order valence-corrected chi connectivity index (χ4v) is 4.73. The summed E-state index contributed by atoms with van der Waals surface area (Å²) in [6.07, 6.45) is 7.79. The topological polar surface area (TPSA) is 49.7 Å². The maximum Gasteiger partial charge on any atom is 0.100 e. The van der Waals surface area contributed by atoms with Crippen LogP contribution in [-0.4, -0.2) is 34.1 Å². The fraction of sp³-hybridized carbons (Fsp3) is 0.867. The van der Waals surface area contributed by atoms with Crippen LogP contribution in [0.3, 0.4) is 0 Å². The first-order valence-electron chi connectivity index (χ1n) is 7.27. The maximum atomic E-state index is 10.9. The highest BCUT2D eigenvalue weighted by Crippen LogP contribution is 2.61. The van der Waals surface area contributed by atoms with E-state index < -0.39 is 5.60 Å². The van der Waals surface area contributed by atoms with E-state index >= 15 is 0 Å². The number of hydrogen-bond acceptors (Lipinski definition) is 3. The third-order valence-corrected chi connectivity index (χ3v) is 5.55. The first kappa shape index (κ1) is 12.6. The summed E-state index contributed by atoms with van der Waals surface area (Å²) >= 11 is 0. The van der Waals surface area contributed by atoms with Crippen LogP contribution in [-0.2, 0) is 4.74 Å². The van der Waals surface area contributed by atoms with Gasteiger partial charge in [0.1, 0.15) is 5.60 Å². The summed E-state index contributed by atoms with van der Waals surface area (Å²) in [5.74, 6) is 0.803. The lowest BCUT2D eigenvalue weighted by Crippen LogP contribution is -2.53. The molecule has 5 atom stereocenters. The Bertz CT molecular complexity index is 343. The van der Waals surface area contributed by atoms with Gasteiger partial charge in [0.05, 0.1) is 18.3 Å². The quantitative estimate of drug-likeness (QED) is 0.756. The largest absolute Gasteiger partial charge is 0.393 e. The van der Waals surface area contributed by atoms with Crippen molar-refractivity contribution in [1.29, 1.82) is 0 Å². The molecule has 102 valence electrons. The van der Waals surface area contributed by atoms with E-state index in [1.165, 1.54) is 0 Å². The molecule has 1 aliphatic heterocycles. The number of hydrogen-bond donors (Lipinski definition) is 2. The average molecular weight is 252 g/mol. The molecular weight excluding hydrogens is 228 g/mol. The predicted octanol–water partition coefficient (Wildman–Crippen LogP) is 2.02. The minimum Gasteiger partial charge on any atom is -0.393 e. The molecule has 1 saturated heterocycles. The molecule has 2 N–H and O–H groups in total. The van der Waals surface area contributed by atoms with Crippen molar-refractivity contribution in [3.8, 4) is 0 Å². The molecule has 3 nitrogen and oxygen atoms in total. The molecule has 2 saturated carbocycles. The Balaban J connectivity index is 1.87. The summed E-state index contributed by atoms with van der Waals surface area (Å²) < 4.78 is 6.04. The summed E-state index contributed by atoms with van der Waals surface area (Å²) in [6, 6.07) is 0. The third-order valence-electron chi connectivity index (χ3n) is 5.55. The molecule has 3 fully saturated rings. The molecule has 18 heavy (non-hydrogen) atoms. The van der Waals surface area contributed by atoms with Crippen molar-refractivity contribution >= 4 is 0 Å². The molecule has 0 aromatic rings. The van der Waals surface area contributed by atoms with E-state index in [0.29, 0.717) is 18.4 Å². The Morgan fingerprint density at radius 1 is 1.39 bits per heavy atom. The molecule has 2 aliphatic carbocycles. The molecule has 0 amide bonds. The van der Waals surface area contributed by atoms with Crippen LogP contribution in [0.1, 0.15) is 44.9 Å². The summed E-state index contributed by atoms with van der Waals surface area (Å²) in [5.41, 5.74) is -0.984. The second kappa shape index (κ2) is 4.32. The van der Waals surface area contributed by atoms with Gasteiger partial charge in [0.2, 0.25) is 0 Å². The van der Waals surface area contributed by atoms with Gasteiger partial charge in [-0.25, -0.2) is 0 Å². The van der Waals surface area contributed by atoms with Crippen molar-refractivity contribution in [2.24, 2.45) is 11.8 Å². The molecule has 1 spiro atoms. The fourth-order valence-electron chi connectivity index (χ4n) is 4.73. The highest BCUT2D eigenvalue weighted by Gasteiger charge is 2.67. The molecule has 0 unspecified atom stereocenters. The van der Waals surface area contributed by atoms with Crippen molar-refractivity contribution in [1.82, 2.24) is 0 Å². The zero-order chi connectivity index (χ0) is 12.8. The molecule has 0 bridgehead atoms. The summed E-state index contributed by atoms with van der Waals surface area (Å²) in [4.78, 5) is 0. The van der Waals surface area contributed by atoms with Gasteiger partial charge in [-0.15, -0.1) is 6.58 Å². The number of rotatable bonds is 3. The zero-order valence-electron chi connectivity index (χ0n) is 11.0. The van der Waals surface area contributed by atoms with Gasteiger partial charge in [0, 0.05) is 6.42 Å². The molecule has 0 radical (unpaired) electrons. The molecule has 0 aromatic heterocycles. The Morgan fingerprint density at radius 2 is 2.22 bits per heavy atom. The highest BCUT2D eigenvalue weighted by atomic mass is 16.5. The zero-order valence-corrected chi connectivity index (χ0v) is 11.0. The van der Waals surface area contributed by atoms with Crippen molar-refractivity contribution < 1.29 is 14.9 Å². The average Bonchev–Trinajstić information content (AvgIpc) is 2.76. The Kier molecular flexibility index (Phi) is 3.04. The molecule has 1 heterocycles. The van der Waals surface area contributed by atoms with Crippen molar-refractivity contribution in [3.63, 3.8) is 0 Å². The standard InChI is InChI=1S/C15H24O3/c1-2-3-4-11-10-14(17)7-8-18-15(14)6-5-12(16)9-13(11)15/h2,11-13,16-17H,1,3-10H2/t11-,12+,13-,14-,15-/m1/s1. The van der Waals surface area contributed by atoms with Crippen molar-refractivity contribution in [2.45, 2.75) is 62.3 Å². The van der Waals surface area contributed by atoms with Gasteiger partial charge < -0.3 is 14.9 Å². The molecular formula is C15H24O3. The monoisotopic (exact) mass is 252 g/mol. The Morgan fingerprint density at radius 3 is 3.00 bits per heavy atom. The lowest BCUT2D eigenvalue weighted by atomic mass is 9.69. The Hall–Kier alpha value is -0.380. The predicted molar refractivity (Wildman–Crippen MR) is 69.1 cm³/mol. The minimum absolute atomic E-state index is 0.210. The second-order valence-electron chi connectivity index (χ2n) is 6.38. The number of aliphatic hydroxyl groups is 2. The molecule has 3 rings (SSSR count). The van der Waals surface area contributed by atoms with Gasteiger partial charge in [0.25, 0.3) is 0 Å². The third kappa shape index (κ3) is 1.60. The highest BCUT2D eigenvalue weighted by molar-refractivity contribution is 5.18.